The molecule has 2 N–H and O–H groups in total. The number of benzene rings is 2. The Hall–Kier alpha value is -2.89. The van der Waals surface area contributed by atoms with Crippen molar-refractivity contribution >= 4 is 5.69 Å². The van der Waals surface area contributed by atoms with Gasteiger partial charge in [-0.25, -0.2) is 0 Å². The van der Waals surface area contributed by atoms with Gasteiger partial charge < -0.3 is 10.5 Å². The monoisotopic (exact) mass is 281 g/mol. The van der Waals surface area contributed by atoms with Gasteiger partial charge in [-0.15, -0.1) is 5.10 Å². The number of para-hydroxylation sites is 3. The Balaban J connectivity index is 2.20. The van der Waals surface area contributed by atoms with E-state index in [1.54, 1.807) is 11.8 Å². The highest BCUT2D eigenvalue weighted by Crippen LogP contribution is 2.30. The third kappa shape index (κ3) is 2.20. The lowest BCUT2D eigenvalue weighted by molar-refractivity contribution is 0.411. The summed E-state index contributed by atoms with van der Waals surface area (Å²) in [6.07, 6.45) is 0. The maximum absolute atomic E-state index is 6.15. The van der Waals surface area contributed by atoms with Gasteiger partial charge in [-0.05, 0) is 41.1 Å². The molecule has 2 aromatic carbocycles. The van der Waals surface area contributed by atoms with Crippen LogP contribution in [0.15, 0.2) is 42.5 Å². The Morgan fingerprint density at radius 1 is 1.10 bits per heavy atom. The van der Waals surface area contributed by atoms with Crippen molar-refractivity contribution in [3.05, 3.63) is 48.0 Å². The second kappa shape index (κ2) is 5.24. The van der Waals surface area contributed by atoms with Crippen molar-refractivity contribution in [3.63, 3.8) is 0 Å². The van der Waals surface area contributed by atoms with Crippen molar-refractivity contribution in [2.45, 2.75) is 6.92 Å². The van der Waals surface area contributed by atoms with E-state index in [1.165, 1.54) is 0 Å². The Morgan fingerprint density at radius 3 is 2.71 bits per heavy atom. The summed E-state index contributed by atoms with van der Waals surface area (Å²) >= 11 is 0. The number of nitrogen functional groups attached to an aromatic ring is 1. The fraction of sp³-hybridized carbons (Fsp3) is 0.133. The molecule has 6 nitrogen and oxygen atoms in total. The van der Waals surface area contributed by atoms with Crippen LogP contribution in [-0.4, -0.2) is 27.3 Å². The van der Waals surface area contributed by atoms with Gasteiger partial charge in [-0.2, -0.15) is 4.68 Å². The molecule has 0 atom stereocenters. The molecule has 0 saturated carbocycles. The summed E-state index contributed by atoms with van der Waals surface area (Å²) in [5, 5.41) is 11.9. The highest BCUT2D eigenvalue weighted by Gasteiger charge is 2.16. The Morgan fingerprint density at radius 2 is 1.90 bits per heavy atom. The number of ether oxygens (including phenoxy) is 1. The Kier molecular flexibility index (Phi) is 3.27. The van der Waals surface area contributed by atoms with E-state index in [-0.39, 0.29) is 0 Å². The Bertz CT molecular complexity index is 781. The number of hydrogen-bond donors (Lipinski definition) is 1. The number of aromatic nitrogens is 4. The second-order valence-electron chi connectivity index (χ2n) is 4.62. The quantitative estimate of drug-likeness (QED) is 0.745. The van der Waals surface area contributed by atoms with Crippen LogP contribution in [0.3, 0.4) is 0 Å². The minimum Gasteiger partial charge on any atom is -0.494 e. The molecule has 3 rings (SSSR count). The summed E-state index contributed by atoms with van der Waals surface area (Å²) in [5.74, 6) is 1.28. The molecule has 0 unspecified atom stereocenters. The van der Waals surface area contributed by atoms with Crippen molar-refractivity contribution in [1.82, 2.24) is 20.2 Å². The van der Waals surface area contributed by atoms with Gasteiger partial charge in [0.1, 0.15) is 11.4 Å². The zero-order valence-electron chi connectivity index (χ0n) is 11.8. The van der Waals surface area contributed by atoms with Crippen LogP contribution in [0.2, 0.25) is 0 Å². The molecule has 0 fully saturated rings. The number of hydrogen-bond acceptors (Lipinski definition) is 5. The van der Waals surface area contributed by atoms with Crippen LogP contribution in [0.25, 0.3) is 17.1 Å². The number of nitrogens with zero attached hydrogens (tertiary/aromatic N) is 4. The number of tetrazole rings is 1. The average molecular weight is 281 g/mol. The first-order chi connectivity index (χ1) is 10.2. The van der Waals surface area contributed by atoms with Gasteiger partial charge in [0.2, 0.25) is 0 Å². The molecule has 0 saturated heterocycles. The molecular weight excluding hydrogens is 266 g/mol. The van der Waals surface area contributed by atoms with Gasteiger partial charge in [-0.1, -0.05) is 24.3 Å². The number of nitrogens with two attached hydrogens (primary N) is 1. The molecule has 1 aromatic heterocycles. The van der Waals surface area contributed by atoms with Crippen molar-refractivity contribution in [1.29, 1.82) is 0 Å². The summed E-state index contributed by atoms with van der Waals surface area (Å²) in [5.41, 5.74) is 9.37. The zero-order chi connectivity index (χ0) is 14.8. The van der Waals surface area contributed by atoms with Crippen molar-refractivity contribution in [3.8, 4) is 22.8 Å². The molecule has 3 aromatic rings. The number of methoxy groups -OCH3 is 1. The van der Waals surface area contributed by atoms with Crippen LogP contribution in [0, 0.1) is 6.92 Å². The maximum atomic E-state index is 6.15. The van der Waals surface area contributed by atoms with E-state index in [4.69, 9.17) is 10.5 Å². The van der Waals surface area contributed by atoms with E-state index in [0.717, 1.165) is 16.8 Å². The third-order valence-electron chi connectivity index (χ3n) is 3.35. The Labute approximate surface area is 122 Å². The van der Waals surface area contributed by atoms with Crippen LogP contribution in [0.4, 0.5) is 5.69 Å². The minimum absolute atomic E-state index is 0.584. The molecular formula is C15H15N5O. The first kappa shape index (κ1) is 13.1. The molecule has 0 radical (unpaired) electrons. The fourth-order valence-electron chi connectivity index (χ4n) is 2.20. The highest BCUT2D eigenvalue weighted by molar-refractivity contribution is 5.75. The van der Waals surface area contributed by atoms with E-state index in [0.29, 0.717) is 17.3 Å². The normalized spacial score (nSPS) is 10.6. The molecule has 0 amide bonds. The number of anilines is 1. The molecule has 6 heteroatoms. The summed E-state index contributed by atoms with van der Waals surface area (Å²) in [7, 11) is 1.61. The number of aryl methyl sites for hydroxylation is 1. The standard InChI is InChI=1S/C15H15N5O/c1-10-6-5-7-11(14(10)16)15-17-18-19-20(15)12-8-3-4-9-13(12)21-2/h3-9H,16H2,1-2H3. The summed E-state index contributed by atoms with van der Waals surface area (Å²) < 4.78 is 7.00. The summed E-state index contributed by atoms with van der Waals surface area (Å²) in [6, 6.07) is 13.3. The van der Waals surface area contributed by atoms with Gasteiger partial charge in [0, 0.05) is 11.3 Å². The van der Waals surface area contributed by atoms with Crippen LogP contribution in [0.5, 0.6) is 5.75 Å². The van der Waals surface area contributed by atoms with Crippen molar-refractivity contribution < 1.29 is 4.74 Å². The van der Waals surface area contributed by atoms with Crippen LogP contribution >= 0.6 is 0 Å². The maximum Gasteiger partial charge on any atom is 0.189 e. The van der Waals surface area contributed by atoms with Gasteiger partial charge in [0.15, 0.2) is 5.82 Å². The molecule has 21 heavy (non-hydrogen) atoms. The molecule has 0 aliphatic rings. The van der Waals surface area contributed by atoms with Gasteiger partial charge in [-0.3, -0.25) is 0 Å². The molecule has 0 spiro atoms. The van der Waals surface area contributed by atoms with Gasteiger partial charge in [0.25, 0.3) is 0 Å². The number of rotatable bonds is 3. The second-order valence-corrected chi connectivity index (χ2v) is 4.62. The lowest BCUT2D eigenvalue weighted by Crippen LogP contribution is -2.04. The molecule has 106 valence electrons. The van der Waals surface area contributed by atoms with E-state index < -0.39 is 0 Å². The molecule has 1 heterocycles. The lowest BCUT2D eigenvalue weighted by Gasteiger charge is -2.11. The summed E-state index contributed by atoms with van der Waals surface area (Å²) in [4.78, 5) is 0. The van der Waals surface area contributed by atoms with Crippen molar-refractivity contribution in [2.75, 3.05) is 12.8 Å². The van der Waals surface area contributed by atoms with E-state index >= 15 is 0 Å². The van der Waals surface area contributed by atoms with Crippen molar-refractivity contribution in [2.24, 2.45) is 0 Å². The van der Waals surface area contributed by atoms with E-state index in [2.05, 4.69) is 15.5 Å². The average Bonchev–Trinajstić information content (AvgIpc) is 2.99. The highest BCUT2D eigenvalue weighted by atomic mass is 16.5. The predicted molar refractivity (Wildman–Crippen MR) is 80.3 cm³/mol. The van der Waals surface area contributed by atoms with Crippen LogP contribution in [-0.2, 0) is 0 Å². The topological polar surface area (TPSA) is 78.8 Å². The van der Waals surface area contributed by atoms with Gasteiger partial charge >= 0.3 is 0 Å². The third-order valence-corrected chi connectivity index (χ3v) is 3.35. The largest absolute Gasteiger partial charge is 0.494 e. The first-order valence-corrected chi connectivity index (χ1v) is 6.49. The zero-order valence-corrected chi connectivity index (χ0v) is 11.8. The summed E-state index contributed by atoms with van der Waals surface area (Å²) in [6.45, 7) is 1.95. The first-order valence-electron chi connectivity index (χ1n) is 6.49. The lowest BCUT2D eigenvalue weighted by atomic mass is 10.1. The fourth-order valence-corrected chi connectivity index (χ4v) is 2.20. The smallest absolute Gasteiger partial charge is 0.189 e. The van der Waals surface area contributed by atoms with E-state index in [1.807, 2.05) is 49.4 Å². The molecule has 0 aliphatic carbocycles. The van der Waals surface area contributed by atoms with Crippen LogP contribution in [0.1, 0.15) is 5.56 Å². The van der Waals surface area contributed by atoms with Crippen LogP contribution < -0.4 is 10.5 Å². The van der Waals surface area contributed by atoms with Gasteiger partial charge in [0.05, 0.1) is 7.11 Å². The SMILES string of the molecule is COc1ccccc1-n1nnnc1-c1cccc(C)c1N. The molecule has 0 bridgehead atoms. The molecule has 0 aliphatic heterocycles. The van der Waals surface area contributed by atoms with E-state index in [9.17, 15) is 0 Å². The predicted octanol–water partition coefficient (Wildman–Crippen LogP) is 2.23. The minimum atomic E-state index is 0.584.